The van der Waals surface area contributed by atoms with E-state index in [4.69, 9.17) is 10.8 Å². The van der Waals surface area contributed by atoms with E-state index in [1.54, 1.807) is 27.0 Å². The van der Waals surface area contributed by atoms with Crippen molar-refractivity contribution >= 4 is 28.8 Å². The first-order valence-corrected chi connectivity index (χ1v) is 10.4. The molecule has 2 amide bonds. The lowest BCUT2D eigenvalue weighted by Gasteiger charge is -2.22. The second-order valence-electron chi connectivity index (χ2n) is 6.65. The van der Waals surface area contributed by atoms with Crippen LogP contribution in [0.5, 0.6) is 0 Å². The summed E-state index contributed by atoms with van der Waals surface area (Å²) in [6.07, 6.45) is 0.0674. The van der Waals surface area contributed by atoms with Crippen molar-refractivity contribution in [3.05, 3.63) is 89.9 Å². The van der Waals surface area contributed by atoms with E-state index < -0.39 is 5.91 Å². The van der Waals surface area contributed by atoms with Gasteiger partial charge in [-0.05, 0) is 41.8 Å². The molecule has 0 aliphatic heterocycles. The van der Waals surface area contributed by atoms with Crippen molar-refractivity contribution in [1.82, 2.24) is 9.78 Å². The summed E-state index contributed by atoms with van der Waals surface area (Å²) in [5.41, 5.74) is 7.97. The number of nitrogens with zero attached hydrogens (tertiary/aromatic N) is 3. The lowest BCUT2D eigenvalue weighted by Crippen LogP contribution is -2.35. The van der Waals surface area contributed by atoms with E-state index in [1.165, 1.54) is 0 Å². The smallest absolute Gasteiger partial charge is 0.277 e. The molecule has 6 nitrogen and oxygen atoms in total. The van der Waals surface area contributed by atoms with Crippen LogP contribution in [0.3, 0.4) is 0 Å². The summed E-state index contributed by atoms with van der Waals surface area (Å²) < 4.78 is 1.65. The quantitative estimate of drug-likeness (QED) is 0.492. The molecule has 0 aliphatic rings. The van der Waals surface area contributed by atoms with Gasteiger partial charge in [-0.15, -0.1) is 11.3 Å². The second kappa shape index (κ2) is 8.75. The van der Waals surface area contributed by atoms with Gasteiger partial charge in [0.15, 0.2) is 0 Å². The van der Waals surface area contributed by atoms with Gasteiger partial charge in [0.25, 0.3) is 5.91 Å². The van der Waals surface area contributed by atoms with Crippen LogP contribution in [0.2, 0.25) is 0 Å². The molecule has 2 aromatic carbocycles. The number of benzene rings is 2. The zero-order valence-corrected chi connectivity index (χ0v) is 17.0. The monoisotopic (exact) mass is 416 g/mol. The van der Waals surface area contributed by atoms with Crippen molar-refractivity contribution in [2.45, 2.75) is 6.42 Å². The third-order valence-electron chi connectivity index (χ3n) is 4.60. The van der Waals surface area contributed by atoms with E-state index in [9.17, 15) is 9.59 Å². The third kappa shape index (κ3) is 4.16. The largest absolute Gasteiger partial charge is 0.370 e. The molecule has 2 aromatic heterocycles. The van der Waals surface area contributed by atoms with Crippen LogP contribution in [0.1, 0.15) is 16.9 Å². The summed E-state index contributed by atoms with van der Waals surface area (Å²) in [5, 5.41) is 6.68. The Morgan fingerprint density at radius 3 is 2.30 bits per heavy atom. The Kier molecular flexibility index (Phi) is 5.72. The van der Waals surface area contributed by atoms with Gasteiger partial charge in [-0.2, -0.15) is 5.10 Å². The topological polar surface area (TPSA) is 81.2 Å². The maximum atomic E-state index is 13.7. The van der Waals surface area contributed by atoms with Gasteiger partial charge < -0.3 is 10.6 Å². The van der Waals surface area contributed by atoms with Gasteiger partial charge in [0.05, 0.1) is 10.6 Å². The average molecular weight is 417 g/mol. The minimum absolute atomic E-state index is 0.0674. The Bertz CT molecular complexity index is 1140. The number of thiophene rings is 1. The summed E-state index contributed by atoms with van der Waals surface area (Å²) in [6, 6.07) is 24.5. The predicted molar refractivity (Wildman–Crippen MR) is 119 cm³/mol. The van der Waals surface area contributed by atoms with E-state index in [2.05, 4.69) is 0 Å². The first-order valence-electron chi connectivity index (χ1n) is 9.48. The van der Waals surface area contributed by atoms with Gasteiger partial charge in [0.1, 0.15) is 11.4 Å². The number of hydrogen-bond acceptors (Lipinski definition) is 4. The molecule has 0 radical (unpaired) electrons. The fraction of sp³-hybridized carbons (Fsp3) is 0.0870. The average Bonchev–Trinajstić information content (AvgIpc) is 3.45. The fourth-order valence-corrected chi connectivity index (χ4v) is 3.84. The number of para-hydroxylation sites is 2. The Balaban J connectivity index is 1.80. The zero-order chi connectivity index (χ0) is 20.9. The van der Waals surface area contributed by atoms with Gasteiger partial charge in [-0.1, -0.05) is 42.5 Å². The molecule has 0 fully saturated rings. The van der Waals surface area contributed by atoms with Gasteiger partial charge in [-0.25, -0.2) is 4.68 Å². The number of carbonyl (C=O) groups is 2. The van der Waals surface area contributed by atoms with Crippen LogP contribution in [0, 0.1) is 0 Å². The van der Waals surface area contributed by atoms with E-state index >= 15 is 0 Å². The highest BCUT2D eigenvalue weighted by atomic mass is 32.1. The molecule has 2 N–H and O–H groups in total. The molecule has 0 atom stereocenters. The number of aromatic nitrogens is 2. The van der Waals surface area contributed by atoms with Crippen LogP contribution in [0.15, 0.2) is 84.2 Å². The fourth-order valence-electron chi connectivity index (χ4n) is 3.16. The molecule has 0 bridgehead atoms. The van der Waals surface area contributed by atoms with Crippen molar-refractivity contribution in [3.8, 4) is 16.3 Å². The standard InChI is InChI=1S/C23H20N4O2S/c24-22(28)13-14-26(17-8-3-1-4-9-17)23(29)20-16-19(21-12-7-15-30-21)25-27(20)18-10-5-2-6-11-18/h1-12,15-16H,13-14H2,(H2,24,28). The summed E-state index contributed by atoms with van der Waals surface area (Å²) >= 11 is 1.56. The Labute approximate surface area is 178 Å². The van der Waals surface area contributed by atoms with Crippen LogP contribution in [-0.4, -0.2) is 28.1 Å². The molecule has 2 heterocycles. The van der Waals surface area contributed by atoms with Crippen LogP contribution >= 0.6 is 11.3 Å². The van der Waals surface area contributed by atoms with Crippen molar-refractivity contribution < 1.29 is 9.59 Å². The summed E-state index contributed by atoms with van der Waals surface area (Å²) in [5.74, 6) is -0.707. The van der Waals surface area contributed by atoms with Crippen molar-refractivity contribution in [3.63, 3.8) is 0 Å². The lowest BCUT2D eigenvalue weighted by molar-refractivity contribution is -0.117. The number of rotatable bonds is 7. The van der Waals surface area contributed by atoms with Crippen LogP contribution in [0.4, 0.5) is 5.69 Å². The predicted octanol–water partition coefficient (Wildman–Crippen LogP) is 4.12. The normalized spacial score (nSPS) is 10.7. The maximum absolute atomic E-state index is 13.7. The van der Waals surface area contributed by atoms with E-state index in [0.717, 1.165) is 16.3 Å². The van der Waals surface area contributed by atoms with Gasteiger partial charge in [0, 0.05) is 18.7 Å². The molecule has 4 rings (SSSR count). The molecular weight excluding hydrogens is 396 g/mol. The van der Waals surface area contributed by atoms with E-state index in [1.807, 2.05) is 78.2 Å². The molecule has 0 saturated carbocycles. The Morgan fingerprint density at radius 1 is 0.967 bits per heavy atom. The van der Waals surface area contributed by atoms with Gasteiger partial charge in [-0.3, -0.25) is 9.59 Å². The number of carbonyl (C=O) groups excluding carboxylic acids is 2. The van der Waals surface area contributed by atoms with Crippen LogP contribution < -0.4 is 10.6 Å². The zero-order valence-electron chi connectivity index (χ0n) is 16.1. The first kappa shape index (κ1) is 19.6. The minimum atomic E-state index is -0.459. The molecular formula is C23H20N4O2S. The highest BCUT2D eigenvalue weighted by molar-refractivity contribution is 7.13. The van der Waals surface area contributed by atoms with Crippen molar-refractivity contribution in [2.75, 3.05) is 11.4 Å². The van der Waals surface area contributed by atoms with Crippen molar-refractivity contribution in [2.24, 2.45) is 5.73 Å². The molecule has 150 valence electrons. The highest BCUT2D eigenvalue weighted by Crippen LogP contribution is 2.27. The first-order chi connectivity index (χ1) is 14.6. The third-order valence-corrected chi connectivity index (χ3v) is 5.49. The van der Waals surface area contributed by atoms with E-state index in [-0.39, 0.29) is 18.9 Å². The maximum Gasteiger partial charge on any atom is 0.277 e. The molecule has 0 aliphatic carbocycles. The summed E-state index contributed by atoms with van der Waals surface area (Å²) in [7, 11) is 0. The molecule has 0 unspecified atom stereocenters. The minimum Gasteiger partial charge on any atom is -0.370 e. The summed E-state index contributed by atoms with van der Waals surface area (Å²) in [4.78, 5) is 27.6. The highest BCUT2D eigenvalue weighted by Gasteiger charge is 2.24. The number of primary amides is 1. The molecule has 0 spiro atoms. The second-order valence-corrected chi connectivity index (χ2v) is 7.60. The number of nitrogens with two attached hydrogens (primary N) is 1. The molecule has 0 saturated heterocycles. The Morgan fingerprint density at radius 2 is 1.67 bits per heavy atom. The molecule has 7 heteroatoms. The van der Waals surface area contributed by atoms with Gasteiger partial charge in [0.2, 0.25) is 5.91 Å². The number of hydrogen-bond donors (Lipinski definition) is 1. The van der Waals surface area contributed by atoms with Gasteiger partial charge >= 0.3 is 0 Å². The van der Waals surface area contributed by atoms with E-state index in [0.29, 0.717) is 11.4 Å². The molecule has 4 aromatic rings. The Hall–Kier alpha value is -3.71. The lowest BCUT2D eigenvalue weighted by atomic mass is 10.2. The summed E-state index contributed by atoms with van der Waals surface area (Å²) in [6.45, 7) is 0.187. The molecule has 30 heavy (non-hydrogen) atoms. The van der Waals surface area contributed by atoms with Crippen LogP contribution in [-0.2, 0) is 4.79 Å². The van der Waals surface area contributed by atoms with Crippen LogP contribution in [0.25, 0.3) is 16.3 Å². The number of anilines is 1. The van der Waals surface area contributed by atoms with Crippen molar-refractivity contribution in [1.29, 1.82) is 0 Å². The SMILES string of the molecule is NC(=O)CCN(C(=O)c1cc(-c2cccs2)nn1-c1ccccc1)c1ccccc1. The number of amides is 2.